The predicted octanol–water partition coefficient (Wildman–Crippen LogP) is 2.33. The summed E-state index contributed by atoms with van der Waals surface area (Å²) >= 11 is 0. The molecule has 0 spiro atoms. The van der Waals surface area contributed by atoms with E-state index in [1.54, 1.807) is 6.92 Å². The second-order valence-electron chi connectivity index (χ2n) is 4.30. The molecule has 0 N–H and O–H groups in total. The molecule has 2 heterocycles. The van der Waals surface area contributed by atoms with Crippen molar-refractivity contribution in [1.29, 1.82) is 0 Å². The van der Waals surface area contributed by atoms with Gasteiger partial charge in [0.15, 0.2) is 0 Å². The fourth-order valence-corrected chi connectivity index (χ4v) is 2.17. The molecule has 5 heteroatoms. The maximum atomic E-state index is 13.1. The van der Waals surface area contributed by atoms with Crippen LogP contribution >= 0.6 is 0 Å². The number of nitrogens with zero attached hydrogens (tertiary/aromatic N) is 2. The summed E-state index contributed by atoms with van der Waals surface area (Å²) in [5.41, 5.74) is 1.52. The van der Waals surface area contributed by atoms with Gasteiger partial charge in [0.1, 0.15) is 5.82 Å². The number of rotatable bonds is 1. The van der Waals surface area contributed by atoms with E-state index in [1.807, 2.05) is 0 Å². The van der Waals surface area contributed by atoms with Gasteiger partial charge in [-0.3, -0.25) is 14.6 Å². The number of aryl methyl sites for hydroxylation is 1. The van der Waals surface area contributed by atoms with Crippen LogP contribution in [0, 0.1) is 12.7 Å². The lowest BCUT2D eigenvalue weighted by molar-refractivity contribution is 0.0926. The van der Waals surface area contributed by atoms with Crippen LogP contribution in [-0.2, 0) is 0 Å². The van der Waals surface area contributed by atoms with E-state index in [-0.39, 0.29) is 5.56 Å². The van der Waals surface area contributed by atoms with Crippen molar-refractivity contribution in [1.82, 2.24) is 4.98 Å². The third-order valence-corrected chi connectivity index (χ3v) is 3.09. The van der Waals surface area contributed by atoms with Crippen LogP contribution in [0.4, 0.5) is 10.1 Å². The van der Waals surface area contributed by atoms with E-state index in [1.165, 1.54) is 36.7 Å². The standard InChI is InChI=1S/C14H9FN2O2/c1-8-6-9(15)2-3-12(8)17-13(18)10-4-5-16-7-11(10)14(17)19/h2-7H,1H3. The van der Waals surface area contributed by atoms with Crippen LogP contribution in [0.1, 0.15) is 26.3 Å². The van der Waals surface area contributed by atoms with Crippen LogP contribution in [0.2, 0.25) is 0 Å². The Kier molecular flexibility index (Phi) is 2.41. The number of imide groups is 1. The maximum absolute atomic E-state index is 13.1. The van der Waals surface area contributed by atoms with Crippen molar-refractivity contribution in [2.75, 3.05) is 4.90 Å². The van der Waals surface area contributed by atoms with Gasteiger partial charge in [-0.05, 0) is 36.8 Å². The Labute approximate surface area is 108 Å². The summed E-state index contributed by atoms with van der Waals surface area (Å²) in [6.45, 7) is 1.65. The summed E-state index contributed by atoms with van der Waals surface area (Å²) in [5, 5.41) is 0. The van der Waals surface area contributed by atoms with Crippen molar-refractivity contribution >= 4 is 17.5 Å². The zero-order valence-corrected chi connectivity index (χ0v) is 10.1. The Morgan fingerprint density at radius 3 is 2.53 bits per heavy atom. The smallest absolute Gasteiger partial charge is 0.267 e. The lowest BCUT2D eigenvalue weighted by atomic mass is 10.2. The summed E-state index contributed by atoms with van der Waals surface area (Å²) in [6, 6.07) is 5.45. The largest absolute Gasteiger partial charge is 0.268 e. The molecule has 1 aromatic heterocycles. The first-order chi connectivity index (χ1) is 9.09. The third kappa shape index (κ3) is 1.62. The fraction of sp³-hybridized carbons (Fsp3) is 0.0714. The number of hydrogen-bond acceptors (Lipinski definition) is 3. The van der Waals surface area contributed by atoms with Gasteiger partial charge in [0.25, 0.3) is 11.8 Å². The number of aromatic nitrogens is 1. The molecule has 0 radical (unpaired) electrons. The lowest BCUT2D eigenvalue weighted by Gasteiger charge is -2.16. The fourth-order valence-electron chi connectivity index (χ4n) is 2.17. The molecule has 0 aliphatic carbocycles. The molecule has 1 aromatic carbocycles. The van der Waals surface area contributed by atoms with Gasteiger partial charge >= 0.3 is 0 Å². The molecule has 3 rings (SSSR count). The van der Waals surface area contributed by atoms with E-state index in [0.29, 0.717) is 16.8 Å². The number of carbonyl (C=O) groups is 2. The van der Waals surface area contributed by atoms with E-state index in [4.69, 9.17) is 0 Å². The summed E-state index contributed by atoms with van der Waals surface area (Å²) < 4.78 is 13.1. The number of benzene rings is 1. The molecular formula is C14H9FN2O2. The molecule has 1 aliphatic heterocycles. The zero-order chi connectivity index (χ0) is 13.6. The molecule has 19 heavy (non-hydrogen) atoms. The van der Waals surface area contributed by atoms with Crippen LogP contribution in [0.25, 0.3) is 0 Å². The summed E-state index contributed by atoms with van der Waals surface area (Å²) in [7, 11) is 0. The molecule has 2 aromatic rings. The van der Waals surface area contributed by atoms with E-state index in [9.17, 15) is 14.0 Å². The molecule has 94 valence electrons. The quantitative estimate of drug-likeness (QED) is 0.736. The van der Waals surface area contributed by atoms with Gasteiger partial charge in [0.05, 0.1) is 16.8 Å². The van der Waals surface area contributed by atoms with Gasteiger partial charge < -0.3 is 0 Å². The zero-order valence-electron chi connectivity index (χ0n) is 10.1. The van der Waals surface area contributed by atoms with Crippen LogP contribution in [0.15, 0.2) is 36.7 Å². The van der Waals surface area contributed by atoms with Crippen molar-refractivity contribution < 1.29 is 14.0 Å². The number of pyridine rings is 1. The Hall–Kier alpha value is -2.56. The molecule has 0 fully saturated rings. The number of hydrogen-bond donors (Lipinski definition) is 0. The maximum Gasteiger partial charge on any atom is 0.267 e. The molecular weight excluding hydrogens is 247 g/mol. The Morgan fingerprint density at radius 2 is 1.84 bits per heavy atom. The highest BCUT2D eigenvalue weighted by Gasteiger charge is 2.37. The number of carbonyl (C=O) groups excluding carboxylic acids is 2. The van der Waals surface area contributed by atoms with Crippen molar-refractivity contribution in [3.05, 3.63) is 59.2 Å². The van der Waals surface area contributed by atoms with Gasteiger partial charge in [-0.1, -0.05) is 0 Å². The number of halogens is 1. The molecule has 0 unspecified atom stereocenters. The molecule has 0 atom stereocenters. The normalized spacial score (nSPS) is 13.9. The first kappa shape index (κ1) is 11.5. The van der Waals surface area contributed by atoms with Crippen LogP contribution in [0.5, 0.6) is 0 Å². The molecule has 0 saturated heterocycles. The van der Waals surface area contributed by atoms with Gasteiger partial charge in [0, 0.05) is 12.4 Å². The second kappa shape index (κ2) is 3.98. The SMILES string of the molecule is Cc1cc(F)ccc1N1C(=O)c2ccncc2C1=O. The summed E-state index contributed by atoms with van der Waals surface area (Å²) in [5.74, 6) is -1.24. The van der Waals surface area contributed by atoms with Gasteiger partial charge in [0.2, 0.25) is 0 Å². The average molecular weight is 256 g/mol. The summed E-state index contributed by atoms with van der Waals surface area (Å²) in [6.07, 6.45) is 2.83. The first-order valence-electron chi connectivity index (χ1n) is 5.68. The van der Waals surface area contributed by atoms with E-state index in [2.05, 4.69) is 4.98 Å². The minimum atomic E-state index is -0.428. The molecule has 1 aliphatic rings. The van der Waals surface area contributed by atoms with Crippen molar-refractivity contribution in [3.8, 4) is 0 Å². The highest BCUT2D eigenvalue weighted by atomic mass is 19.1. The Morgan fingerprint density at radius 1 is 1.11 bits per heavy atom. The van der Waals surface area contributed by atoms with E-state index < -0.39 is 17.6 Å². The molecule has 0 saturated carbocycles. The highest BCUT2D eigenvalue weighted by molar-refractivity contribution is 6.34. The molecule has 0 bridgehead atoms. The van der Waals surface area contributed by atoms with Gasteiger partial charge in [-0.15, -0.1) is 0 Å². The minimum Gasteiger partial charge on any atom is -0.268 e. The van der Waals surface area contributed by atoms with Crippen LogP contribution in [0.3, 0.4) is 0 Å². The first-order valence-corrected chi connectivity index (χ1v) is 5.68. The van der Waals surface area contributed by atoms with Crippen molar-refractivity contribution in [2.45, 2.75) is 6.92 Å². The summed E-state index contributed by atoms with van der Waals surface area (Å²) in [4.78, 5) is 29.3. The Bertz CT molecular complexity index is 677. The second-order valence-corrected chi connectivity index (χ2v) is 4.30. The van der Waals surface area contributed by atoms with Gasteiger partial charge in [-0.2, -0.15) is 0 Å². The molecule has 4 nitrogen and oxygen atoms in total. The lowest BCUT2D eigenvalue weighted by Crippen LogP contribution is -2.30. The van der Waals surface area contributed by atoms with Crippen LogP contribution < -0.4 is 4.90 Å². The van der Waals surface area contributed by atoms with Crippen molar-refractivity contribution in [3.63, 3.8) is 0 Å². The van der Waals surface area contributed by atoms with Gasteiger partial charge in [-0.25, -0.2) is 9.29 Å². The minimum absolute atomic E-state index is 0.274. The Balaban J connectivity index is 2.14. The average Bonchev–Trinajstić information content (AvgIpc) is 2.64. The third-order valence-electron chi connectivity index (χ3n) is 3.09. The van der Waals surface area contributed by atoms with E-state index in [0.717, 1.165) is 4.90 Å². The monoisotopic (exact) mass is 256 g/mol. The molecule has 2 amide bonds. The van der Waals surface area contributed by atoms with E-state index >= 15 is 0 Å². The topological polar surface area (TPSA) is 50.3 Å². The van der Waals surface area contributed by atoms with Crippen molar-refractivity contribution in [2.24, 2.45) is 0 Å². The number of anilines is 1. The highest BCUT2D eigenvalue weighted by Crippen LogP contribution is 2.30. The van der Waals surface area contributed by atoms with Crippen LogP contribution in [-0.4, -0.2) is 16.8 Å². The number of fused-ring (bicyclic) bond motifs is 1. The number of amides is 2. The predicted molar refractivity (Wildman–Crippen MR) is 66.5 cm³/mol.